The number of nitrogens with one attached hydrogen (secondary N) is 1. The van der Waals surface area contributed by atoms with Crippen molar-refractivity contribution >= 4 is 44.9 Å². The van der Waals surface area contributed by atoms with Crippen molar-refractivity contribution in [3.8, 4) is 0 Å². The molecule has 2 heterocycles. The van der Waals surface area contributed by atoms with Gasteiger partial charge in [-0.3, -0.25) is 14.2 Å². The number of carbonyl (C=O) groups excluding carboxylic acids is 1. The summed E-state index contributed by atoms with van der Waals surface area (Å²) in [6.07, 6.45) is 0. The summed E-state index contributed by atoms with van der Waals surface area (Å²) >= 11 is 2.65. The molecule has 2 aromatic heterocycles. The molecule has 5 nitrogen and oxygen atoms in total. The van der Waals surface area contributed by atoms with E-state index in [9.17, 15) is 9.59 Å². The second-order valence-corrected chi connectivity index (χ2v) is 7.86. The summed E-state index contributed by atoms with van der Waals surface area (Å²) in [4.78, 5) is 29.1. The fraction of sp³-hybridized carbons (Fsp3) is 0.278. The van der Waals surface area contributed by atoms with Crippen molar-refractivity contribution in [1.29, 1.82) is 0 Å². The highest BCUT2D eigenvalue weighted by molar-refractivity contribution is 7.99. The fourth-order valence-corrected chi connectivity index (χ4v) is 4.36. The van der Waals surface area contributed by atoms with E-state index in [1.807, 2.05) is 44.4 Å². The molecule has 0 atom stereocenters. The van der Waals surface area contributed by atoms with E-state index in [0.29, 0.717) is 15.4 Å². The monoisotopic (exact) mass is 373 g/mol. The highest BCUT2D eigenvalue weighted by Gasteiger charge is 2.13. The zero-order valence-corrected chi connectivity index (χ0v) is 16.2. The fourth-order valence-electron chi connectivity index (χ4n) is 2.78. The number of rotatable bonds is 4. The molecule has 3 aromatic rings. The first-order chi connectivity index (χ1) is 11.9. The highest BCUT2D eigenvalue weighted by atomic mass is 32.2. The van der Waals surface area contributed by atoms with Gasteiger partial charge in [-0.1, -0.05) is 29.5 Å². The van der Waals surface area contributed by atoms with Gasteiger partial charge in [-0.05, 0) is 43.3 Å². The number of hydrogen-bond donors (Lipinski definition) is 1. The van der Waals surface area contributed by atoms with Crippen LogP contribution in [0.15, 0.2) is 33.5 Å². The average Bonchev–Trinajstić information content (AvgIpc) is 3.01. The summed E-state index contributed by atoms with van der Waals surface area (Å²) in [6, 6.07) is 5.92. The third-order valence-electron chi connectivity index (χ3n) is 3.92. The van der Waals surface area contributed by atoms with Gasteiger partial charge >= 0.3 is 0 Å². The summed E-state index contributed by atoms with van der Waals surface area (Å²) in [5, 5.41) is 5.36. The summed E-state index contributed by atoms with van der Waals surface area (Å²) in [7, 11) is 1.68. The summed E-state index contributed by atoms with van der Waals surface area (Å²) < 4.78 is 2.14. The quantitative estimate of drug-likeness (QED) is 0.560. The maximum Gasteiger partial charge on any atom is 0.271 e. The van der Waals surface area contributed by atoms with Gasteiger partial charge in [0, 0.05) is 12.7 Å². The Morgan fingerprint density at radius 2 is 1.96 bits per heavy atom. The van der Waals surface area contributed by atoms with Crippen molar-refractivity contribution in [2.75, 3.05) is 11.1 Å². The minimum absolute atomic E-state index is 0.0758. The highest BCUT2D eigenvalue weighted by Crippen LogP contribution is 2.23. The zero-order chi connectivity index (χ0) is 18.1. The van der Waals surface area contributed by atoms with E-state index < -0.39 is 0 Å². The molecule has 0 saturated carbocycles. The topological polar surface area (TPSA) is 64.0 Å². The number of benzene rings is 1. The number of hydrogen-bond acceptors (Lipinski definition) is 5. The molecule has 0 spiro atoms. The largest absolute Gasteiger partial charge is 0.325 e. The first-order valence-corrected chi connectivity index (χ1v) is 9.68. The van der Waals surface area contributed by atoms with E-state index in [-0.39, 0.29) is 17.2 Å². The number of thioether (sulfide) groups is 1. The number of anilines is 1. The summed E-state index contributed by atoms with van der Waals surface area (Å²) in [5.74, 6) is 0.0857. The van der Waals surface area contributed by atoms with Crippen molar-refractivity contribution in [3.05, 3.63) is 50.6 Å². The number of fused-ring (bicyclic) bond motifs is 1. The number of thiophene rings is 1. The second kappa shape index (κ2) is 7.01. The minimum atomic E-state index is -0.111. The van der Waals surface area contributed by atoms with Gasteiger partial charge in [0.1, 0.15) is 4.70 Å². The van der Waals surface area contributed by atoms with Crippen molar-refractivity contribution < 1.29 is 4.79 Å². The maximum absolute atomic E-state index is 12.3. The molecule has 3 rings (SSSR count). The van der Waals surface area contributed by atoms with Crippen molar-refractivity contribution in [2.24, 2.45) is 7.05 Å². The molecule has 0 saturated heterocycles. The minimum Gasteiger partial charge on any atom is -0.325 e. The third-order valence-corrected chi connectivity index (χ3v) is 5.84. The molecule has 25 heavy (non-hydrogen) atoms. The number of nitrogens with zero attached hydrogens (tertiary/aromatic N) is 2. The average molecular weight is 374 g/mol. The molecule has 1 N–H and O–H groups in total. The Morgan fingerprint density at radius 3 is 2.64 bits per heavy atom. The predicted octanol–water partition coefficient (Wildman–Crippen LogP) is 3.65. The van der Waals surface area contributed by atoms with Crippen LogP contribution in [0.5, 0.6) is 0 Å². The van der Waals surface area contributed by atoms with Crippen LogP contribution in [0.3, 0.4) is 0 Å². The Kier molecular flexibility index (Phi) is 4.96. The van der Waals surface area contributed by atoms with E-state index >= 15 is 0 Å². The van der Waals surface area contributed by atoms with Crippen LogP contribution < -0.4 is 10.9 Å². The second-order valence-electron chi connectivity index (χ2n) is 6.00. The van der Waals surface area contributed by atoms with Crippen LogP contribution in [0.4, 0.5) is 5.69 Å². The van der Waals surface area contributed by atoms with E-state index in [1.165, 1.54) is 33.2 Å². The molecular weight excluding hydrogens is 354 g/mol. The first-order valence-electron chi connectivity index (χ1n) is 7.81. The molecule has 1 amide bonds. The molecule has 130 valence electrons. The van der Waals surface area contributed by atoms with Gasteiger partial charge < -0.3 is 5.32 Å². The van der Waals surface area contributed by atoms with E-state index in [4.69, 9.17) is 0 Å². The van der Waals surface area contributed by atoms with Crippen LogP contribution in [0.1, 0.15) is 16.7 Å². The molecule has 0 aliphatic rings. The van der Waals surface area contributed by atoms with Crippen LogP contribution in [-0.4, -0.2) is 21.2 Å². The van der Waals surface area contributed by atoms with Gasteiger partial charge in [0.2, 0.25) is 5.91 Å². The Labute approximate surface area is 154 Å². The molecule has 0 aliphatic carbocycles. The van der Waals surface area contributed by atoms with E-state index in [0.717, 1.165) is 16.8 Å². The van der Waals surface area contributed by atoms with Gasteiger partial charge in [-0.25, -0.2) is 4.98 Å². The molecule has 0 radical (unpaired) electrons. The van der Waals surface area contributed by atoms with Crippen molar-refractivity contribution in [1.82, 2.24) is 9.55 Å². The molecule has 0 unspecified atom stereocenters. The predicted molar refractivity (Wildman–Crippen MR) is 105 cm³/mol. The van der Waals surface area contributed by atoms with Crippen LogP contribution in [-0.2, 0) is 11.8 Å². The van der Waals surface area contributed by atoms with E-state index in [1.54, 1.807) is 7.05 Å². The molecular formula is C18H19N3O2S2. The Bertz CT molecular complexity index is 998. The van der Waals surface area contributed by atoms with Gasteiger partial charge in [-0.15, -0.1) is 11.3 Å². The number of carbonyl (C=O) groups is 1. The summed E-state index contributed by atoms with van der Waals surface area (Å²) in [5.41, 5.74) is 4.72. The standard InChI is InChI=1S/C18H19N3O2S2/c1-10-7-11(2)15(12(3)8-10)20-14(22)9-25-18-19-13-5-6-24-16(13)17(23)21(18)4/h5-8H,9H2,1-4H3,(H,20,22). The van der Waals surface area contributed by atoms with Gasteiger partial charge in [0.15, 0.2) is 5.16 Å². The van der Waals surface area contributed by atoms with Gasteiger partial charge in [0.25, 0.3) is 5.56 Å². The normalized spacial score (nSPS) is 11.0. The lowest BCUT2D eigenvalue weighted by atomic mass is 10.1. The third kappa shape index (κ3) is 3.62. The Balaban J connectivity index is 1.75. The smallest absolute Gasteiger partial charge is 0.271 e. The van der Waals surface area contributed by atoms with Crippen molar-refractivity contribution in [3.63, 3.8) is 0 Å². The van der Waals surface area contributed by atoms with Crippen molar-refractivity contribution in [2.45, 2.75) is 25.9 Å². The lowest BCUT2D eigenvalue weighted by Crippen LogP contribution is -2.21. The van der Waals surface area contributed by atoms with Gasteiger partial charge in [0.05, 0.1) is 11.3 Å². The number of aromatic nitrogens is 2. The van der Waals surface area contributed by atoms with E-state index in [2.05, 4.69) is 10.3 Å². The number of amides is 1. The molecule has 7 heteroatoms. The molecule has 0 bridgehead atoms. The lowest BCUT2D eigenvalue weighted by Gasteiger charge is -2.13. The Morgan fingerprint density at radius 1 is 1.28 bits per heavy atom. The van der Waals surface area contributed by atoms with Crippen LogP contribution in [0.2, 0.25) is 0 Å². The SMILES string of the molecule is Cc1cc(C)c(NC(=O)CSc2nc3ccsc3c(=O)n2C)c(C)c1. The van der Waals surface area contributed by atoms with Crippen LogP contribution in [0.25, 0.3) is 10.2 Å². The van der Waals surface area contributed by atoms with Crippen LogP contribution in [0, 0.1) is 20.8 Å². The maximum atomic E-state index is 12.3. The first kappa shape index (κ1) is 17.7. The van der Waals surface area contributed by atoms with Gasteiger partial charge in [-0.2, -0.15) is 0 Å². The number of aryl methyl sites for hydroxylation is 3. The molecule has 0 fully saturated rings. The Hall–Kier alpha value is -2.12. The molecule has 0 aliphatic heterocycles. The zero-order valence-electron chi connectivity index (χ0n) is 14.5. The van der Waals surface area contributed by atoms with Crippen LogP contribution >= 0.6 is 23.1 Å². The molecule has 1 aromatic carbocycles. The summed E-state index contributed by atoms with van der Waals surface area (Å²) in [6.45, 7) is 6.01. The lowest BCUT2D eigenvalue weighted by molar-refractivity contribution is -0.113.